The van der Waals surface area contributed by atoms with E-state index in [0.29, 0.717) is 19.1 Å². The van der Waals surface area contributed by atoms with Crippen LogP contribution < -0.4 is 10.1 Å². The fourth-order valence-corrected chi connectivity index (χ4v) is 2.74. The van der Waals surface area contributed by atoms with Crippen LogP contribution >= 0.6 is 0 Å². The molecule has 1 aliphatic rings. The minimum atomic E-state index is -2.97. The maximum Gasteiger partial charge on any atom is 0.387 e. The predicted octanol–water partition coefficient (Wildman–Crippen LogP) is 2.37. The number of nitrogens with one attached hydrogen (secondary N) is 1. The molecule has 24 heavy (non-hydrogen) atoms. The van der Waals surface area contributed by atoms with E-state index in [9.17, 15) is 13.6 Å². The molecule has 1 aromatic rings. The third-order valence-corrected chi connectivity index (χ3v) is 3.68. The van der Waals surface area contributed by atoms with Crippen molar-refractivity contribution in [2.75, 3.05) is 32.8 Å². The summed E-state index contributed by atoms with van der Waals surface area (Å²) in [6, 6.07) is 5.96. The second kappa shape index (κ2) is 8.94. The smallest absolute Gasteiger partial charge is 0.387 e. The summed E-state index contributed by atoms with van der Waals surface area (Å²) in [6.45, 7) is 4.91. The molecule has 0 unspecified atom stereocenters. The SMILES string of the molecule is CC(C)CN1CCO[C@H](CNC(=O)c2ccccc2OC(F)F)C1. The van der Waals surface area contributed by atoms with Crippen LogP contribution in [0.2, 0.25) is 0 Å². The van der Waals surface area contributed by atoms with Crippen LogP contribution in [0, 0.1) is 5.92 Å². The summed E-state index contributed by atoms with van der Waals surface area (Å²) in [5.41, 5.74) is 0.0904. The maximum absolute atomic E-state index is 12.4. The Hall–Kier alpha value is -1.73. The van der Waals surface area contributed by atoms with Crippen LogP contribution in [0.3, 0.4) is 0 Å². The van der Waals surface area contributed by atoms with Gasteiger partial charge in [-0.1, -0.05) is 26.0 Å². The molecule has 0 spiro atoms. The van der Waals surface area contributed by atoms with E-state index < -0.39 is 12.5 Å². The van der Waals surface area contributed by atoms with Gasteiger partial charge in [-0.15, -0.1) is 0 Å². The fraction of sp³-hybridized carbons (Fsp3) is 0.588. The Kier molecular flexibility index (Phi) is 6.93. The van der Waals surface area contributed by atoms with E-state index in [0.717, 1.165) is 19.6 Å². The molecule has 5 nitrogen and oxygen atoms in total. The number of amides is 1. The largest absolute Gasteiger partial charge is 0.434 e. The van der Waals surface area contributed by atoms with Crippen molar-refractivity contribution in [3.63, 3.8) is 0 Å². The van der Waals surface area contributed by atoms with E-state index >= 15 is 0 Å². The molecule has 1 saturated heterocycles. The number of hydrogen-bond acceptors (Lipinski definition) is 4. The Bertz CT molecular complexity index is 540. The second-order valence-corrected chi connectivity index (χ2v) is 6.23. The van der Waals surface area contributed by atoms with E-state index in [1.165, 1.54) is 12.1 Å². The minimum absolute atomic E-state index is 0.0904. The molecule has 134 valence electrons. The molecule has 1 atom stereocenters. The van der Waals surface area contributed by atoms with Gasteiger partial charge in [-0.2, -0.15) is 8.78 Å². The molecule has 0 radical (unpaired) electrons. The van der Waals surface area contributed by atoms with Gasteiger partial charge in [-0.25, -0.2) is 0 Å². The summed E-state index contributed by atoms with van der Waals surface area (Å²) in [5.74, 6) is -0.0106. The fourth-order valence-electron chi connectivity index (χ4n) is 2.74. The van der Waals surface area contributed by atoms with Crippen LogP contribution in [0.4, 0.5) is 8.78 Å². The number of carbonyl (C=O) groups is 1. The van der Waals surface area contributed by atoms with Crippen LogP contribution in [0.5, 0.6) is 5.75 Å². The number of alkyl halides is 2. The molecule has 0 aliphatic carbocycles. The van der Waals surface area contributed by atoms with E-state index in [4.69, 9.17) is 4.74 Å². The number of halogens is 2. The highest BCUT2D eigenvalue weighted by molar-refractivity contribution is 5.96. The average molecular weight is 342 g/mol. The topological polar surface area (TPSA) is 50.8 Å². The van der Waals surface area contributed by atoms with Gasteiger partial charge in [-0.05, 0) is 18.1 Å². The zero-order valence-electron chi connectivity index (χ0n) is 14.0. The molecule has 1 N–H and O–H groups in total. The van der Waals surface area contributed by atoms with Crippen LogP contribution in [0.1, 0.15) is 24.2 Å². The van der Waals surface area contributed by atoms with Gasteiger partial charge >= 0.3 is 6.61 Å². The third kappa shape index (κ3) is 5.72. The molecular weight excluding hydrogens is 318 g/mol. The van der Waals surface area contributed by atoms with Gasteiger partial charge in [0.1, 0.15) is 5.75 Å². The van der Waals surface area contributed by atoms with Crippen molar-refractivity contribution in [1.82, 2.24) is 10.2 Å². The first-order chi connectivity index (χ1) is 11.5. The molecule has 0 aromatic heterocycles. The summed E-state index contributed by atoms with van der Waals surface area (Å²) in [5, 5.41) is 2.74. The summed E-state index contributed by atoms with van der Waals surface area (Å²) in [6.07, 6.45) is -0.107. The van der Waals surface area contributed by atoms with Crippen LogP contribution in [-0.4, -0.2) is 56.3 Å². The molecule has 1 fully saturated rings. The maximum atomic E-state index is 12.4. The molecule has 1 aliphatic heterocycles. The molecule has 1 aromatic carbocycles. The van der Waals surface area contributed by atoms with Gasteiger partial charge in [0.05, 0.1) is 18.3 Å². The standard InChI is InChI=1S/C17H24F2N2O3/c1-12(2)10-21-7-8-23-13(11-21)9-20-16(22)14-5-3-4-6-15(14)24-17(18)19/h3-6,12-13,17H,7-11H2,1-2H3,(H,20,22)/t13-/m1/s1. The molecule has 1 heterocycles. The number of benzene rings is 1. The first kappa shape index (κ1) is 18.6. The zero-order valence-corrected chi connectivity index (χ0v) is 14.0. The summed E-state index contributed by atoms with van der Waals surface area (Å²) in [7, 11) is 0. The highest BCUT2D eigenvalue weighted by atomic mass is 19.3. The van der Waals surface area contributed by atoms with E-state index in [2.05, 4.69) is 28.8 Å². The number of morpholine rings is 1. The lowest BCUT2D eigenvalue weighted by atomic mass is 10.1. The van der Waals surface area contributed by atoms with Gasteiger partial charge in [0.2, 0.25) is 0 Å². The summed E-state index contributed by atoms with van der Waals surface area (Å²) >= 11 is 0. The lowest BCUT2D eigenvalue weighted by Crippen LogP contribution is -2.48. The number of ether oxygens (including phenoxy) is 2. The highest BCUT2D eigenvalue weighted by Crippen LogP contribution is 2.20. The van der Waals surface area contributed by atoms with E-state index in [-0.39, 0.29) is 17.4 Å². The van der Waals surface area contributed by atoms with Gasteiger partial charge in [0.15, 0.2) is 0 Å². The second-order valence-electron chi connectivity index (χ2n) is 6.23. The summed E-state index contributed by atoms with van der Waals surface area (Å²) in [4.78, 5) is 14.5. The number of carbonyl (C=O) groups excluding carboxylic acids is 1. The lowest BCUT2D eigenvalue weighted by Gasteiger charge is -2.34. The van der Waals surface area contributed by atoms with Gasteiger partial charge in [0.25, 0.3) is 5.91 Å². The molecule has 7 heteroatoms. The Morgan fingerprint density at radius 1 is 1.42 bits per heavy atom. The Labute approximate surface area is 140 Å². The minimum Gasteiger partial charge on any atom is -0.434 e. The van der Waals surface area contributed by atoms with Crippen molar-refractivity contribution in [2.24, 2.45) is 5.92 Å². The molecule has 0 saturated carbocycles. The molecule has 2 rings (SSSR count). The molecular formula is C17H24F2N2O3. The zero-order chi connectivity index (χ0) is 17.5. The van der Waals surface area contributed by atoms with Crippen molar-refractivity contribution in [3.8, 4) is 5.75 Å². The quantitative estimate of drug-likeness (QED) is 0.827. The van der Waals surface area contributed by atoms with Crippen molar-refractivity contribution in [3.05, 3.63) is 29.8 Å². The van der Waals surface area contributed by atoms with Crippen LogP contribution in [0.25, 0.3) is 0 Å². The first-order valence-electron chi connectivity index (χ1n) is 8.11. The third-order valence-electron chi connectivity index (χ3n) is 3.68. The highest BCUT2D eigenvalue weighted by Gasteiger charge is 2.22. The van der Waals surface area contributed by atoms with Crippen molar-refractivity contribution in [2.45, 2.75) is 26.6 Å². The Morgan fingerprint density at radius 2 is 2.17 bits per heavy atom. The average Bonchev–Trinajstić information content (AvgIpc) is 2.52. The van der Waals surface area contributed by atoms with Crippen molar-refractivity contribution < 1.29 is 23.0 Å². The number of hydrogen-bond donors (Lipinski definition) is 1. The summed E-state index contributed by atoms with van der Waals surface area (Å²) < 4.78 is 34.9. The normalized spacial score (nSPS) is 18.8. The van der Waals surface area contributed by atoms with Crippen molar-refractivity contribution in [1.29, 1.82) is 0 Å². The molecule has 1 amide bonds. The first-order valence-corrected chi connectivity index (χ1v) is 8.11. The van der Waals surface area contributed by atoms with Gasteiger partial charge in [-0.3, -0.25) is 9.69 Å². The van der Waals surface area contributed by atoms with Gasteiger partial charge in [0, 0.05) is 26.2 Å². The van der Waals surface area contributed by atoms with Crippen LogP contribution in [-0.2, 0) is 4.74 Å². The lowest BCUT2D eigenvalue weighted by molar-refractivity contribution is -0.0502. The van der Waals surface area contributed by atoms with E-state index in [1.54, 1.807) is 12.1 Å². The Morgan fingerprint density at radius 3 is 2.88 bits per heavy atom. The molecule has 0 bridgehead atoms. The Balaban J connectivity index is 1.89. The van der Waals surface area contributed by atoms with Gasteiger partial charge < -0.3 is 14.8 Å². The van der Waals surface area contributed by atoms with Crippen LogP contribution in [0.15, 0.2) is 24.3 Å². The predicted molar refractivity (Wildman–Crippen MR) is 86.4 cm³/mol. The van der Waals surface area contributed by atoms with E-state index in [1.807, 2.05) is 0 Å². The number of rotatable bonds is 7. The number of para-hydroxylation sites is 1. The monoisotopic (exact) mass is 342 g/mol. The number of nitrogens with zero attached hydrogens (tertiary/aromatic N) is 1. The van der Waals surface area contributed by atoms with Crippen molar-refractivity contribution >= 4 is 5.91 Å².